The van der Waals surface area contributed by atoms with E-state index in [1.165, 1.54) is 0 Å². The van der Waals surface area contributed by atoms with Gasteiger partial charge in [0.25, 0.3) is 0 Å². The van der Waals surface area contributed by atoms with Crippen molar-refractivity contribution >= 4 is 5.91 Å². The Hall–Kier alpha value is -3.43. The second-order valence-electron chi connectivity index (χ2n) is 10.6. The van der Waals surface area contributed by atoms with Gasteiger partial charge in [-0.15, -0.1) is 0 Å². The van der Waals surface area contributed by atoms with Gasteiger partial charge in [0.05, 0.1) is 54.5 Å². The molecule has 0 aliphatic carbocycles. The smallest absolute Gasteiger partial charge is 0.222 e. The molecule has 0 aromatic heterocycles. The van der Waals surface area contributed by atoms with E-state index in [0.717, 1.165) is 16.7 Å². The zero-order valence-electron chi connectivity index (χ0n) is 23.5. The normalized spacial score (nSPS) is 13.4. The summed E-state index contributed by atoms with van der Waals surface area (Å²) in [6, 6.07) is 25.0. The van der Waals surface area contributed by atoms with E-state index in [4.69, 9.17) is 14.2 Å². The zero-order valence-corrected chi connectivity index (χ0v) is 23.5. The second-order valence-corrected chi connectivity index (χ2v) is 10.6. The summed E-state index contributed by atoms with van der Waals surface area (Å²) in [5, 5.41) is 23.5. The monoisotopic (exact) mass is 537 g/mol. The van der Waals surface area contributed by atoms with Crippen molar-refractivity contribution in [3.8, 4) is 11.5 Å². The van der Waals surface area contributed by atoms with E-state index in [-0.39, 0.29) is 25.5 Å². The first-order valence-electron chi connectivity index (χ1n) is 13.0. The van der Waals surface area contributed by atoms with Gasteiger partial charge in [0.15, 0.2) is 0 Å². The number of rotatable bonds is 14. The maximum Gasteiger partial charge on any atom is 0.222 e. The van der Waals surface area contributed by atoms with Gasteiger partial charge in [-0.2, -0.15) is 0 Å². The number of ether oxygens (including phenoxy) is 3. The van der Waals surface area contributed by atoms with Crippen molar-refractivity contribution in [3.05, 3.63) is 95.6 Å². The quantitative estimate of drug-likeness (QED) is 0.216. The molecule has 0 fully saturated rings. The number of nitrogens with zero attached hydrogens (tertiary/aromatic N) is 1. The summed E-state index contributed by atoms with van der Waals surface area (Å²) < 4.78 is 18.1. The van der Waals surface area contributed by atoms with Crippen molar-refractivity contribution in [1.82, 2.24) is 5.32 Å². The van der Waals surface area contributed by atoms with E-state index in [1.807, 2.05) is 100 Å². The lowest BCUT2D eigenvalue weighted by molar-refractivity contribution is -0.873. The summed E-state index contributed by atoms with van der Waals surface area (Å²) in [6.07, 6.45) is -1.57. The lowest BCUT2D eigenvalue weighted by Crippen LogP contribution is -2.45. The largest absolute Gasteiger partial charge is 0.497 e. The molecule has 0 bridgehead atoms. The Morgan fingerprint density at radius 1 is 0.846 bits per heavy atom. The highest BCUT2D eigenvalue weighted by Crippen LogP contribution is 2.42. The molecule has 39 heavy (non-hydrogen) atoms. The molecule has 8 heteroatoms. The number of hydrogen-bond acceptors (Lipinski definition) is 6. The van der Waals surface area contributed by atoms with E-state index in [9.17, 15) is 15.0 Å². The number of likely N-dealkylation sites (N-methyl/N-ethyl adjacent to an activating group) is 1. The van der Waals surface area contributed by atoms with Gasteiger partial charge in [-0.25, -0.2) is 0 Å². The van der Waals surface area contributed by atoms with Crippen molar-refractivity contribution in [2.75, 3.05) is 55.1 Å². The average molecular weight is 538 g/mol. The minimum atomic E-state index is -1.12. The van der Waals surface area contributed by atoms with Crippen molar-refractivity contribution in [3.63, 3.8) is 0 Å². The minimum Gasteiger partial charge on any atom is -0.497 e. The number of carbonyl (C=O) groups is 1. The molecule has 0 spiro atoms. The van der Waals surface area contributed by atoms with Gasteiger partial charge < -0.3 is 34.2 Å². The first-order valence-corrected chi connectivity index (χ1v) is 13.0. The molecule has 2 atom stereocenters. The van der Waals surface area contributed by atoms with E-state index in [2.05, 4.69) is 5.32 Å². The zero-order chi connectivity index (χ0) is 28.5. The highest BCUT2D eigenvalue weighted by molar-refractivity contribution is 5.76. The molecule has 0 saturated heterocycles. The number of aliphatic hydroxyl groups excluding tert-OH is 2. The number of hydrogen-bond donors (Lipinski definition) is 3. The van der Waals surface area contributed by atoms with Crippen LogP contribution < -0.4 is 14.8 Å². The van der Waals surface area contributed by atoms with Crippen molar-refractivity contribution in [2.45, 2.75) is 24.2 Å². The van der Waals surface area contributed by atoms with Crippen LogP contribution in [0.15, 0.2) is 78.9 Å². The fourth-order valence-electron chi connectivity index (χ4n) is 4.63. The number of amides is 1. The maximum atomic E-state index is 12.6. The molecule has 2 unspecified atom stereocenters. The van der Waals surface area contributed by atoms with Gasteiger partial charge in [-0.05, 0) is 41.0 Å². The van der Waals surface area contributed by atoms with Gasteiger partial charge in [0.1, 0.15) is 29.7 Å². The molecule has 0 radical (unpaired) electrons. The predicted octanol–water partition coefficient (Wildman–Crippen LogP) is 2.95. The summed E-state index contributed by atoms with van der Waals surface area (Å²) in [5.74, 6) is 1.10. The topological polar surface area (TPSA) is 97.2 Å². The van der Waals surface area contributed by atoms with Crippen LogP contribution in [0.5, 0.6) is 11.5 Å². The van der Waals surface area contributed by atoms with Crippen molar-refractivity contribution in [1.29, 1.82) is 0 Å². The first kappa shape index (κ1) is 30.1. The molecular formula is C31H41N2O6+. The third-order valence-electron chi connectivity index (χ3n) is 6.43. The van der Waals surface area contributed by atoms with Crippen LogP contribution in [0, 0.1) is 0 Å². The van der Waals surface area contributed by atoms with E-state index >= 15 is 0 Å². The molecule has 210 valence electrons. The number of nitrogens with one attached hydrogen (secondary N) is 1. The van der Waals surface area contributed by atoms with Crippen molar-refractivity contribution < 1.29 is 33.7 Å². The lowest BCUT2D eigenvalue weighted by Gasteiger charge is -2.39. The van der Waals surface area contributed by atoms with Crippen LogP contribution in [0.3, 0.4) is 0 Å². The van der Waals surface area contributed by atoms with Crippen molar-refractivity contribution in [2.24, 2.45) is 0 Å². The Balaban J connectivity index is 1.98. The molecule has 1 amide bonds. The third kappa shape index (κ3) is 8.03. The molecule has 8 nitrogen and oxygen atoms in total. The van der Waals surface area contributed by atoms with Crippen LogP contribution in [-0.4, -0.2) is 87.9 Å². The van der Waals surface area contributed by atoms with Gasteiger partial charge in [-0.1, -0.05) is 54.6 Å². The SMILES string of the molecule is COc1ccc(C(OC(CO)CNC(=O)CC(O)C[N+](C)(C)C)(c2ccccc2)c2ccc(OC)cc2)cc1. The highest BCUT2D eigenvalue weighted by atomic mass is 16.5. The summed E-state index contributed by atoms with van der Waals surface area (Å²) in [6.45, 7) is 0.176. The average Bonchev–Trinajstić information content (AvgIpc) is 2.93. The van der Waals surface area contributed by atoms with Crippen LogP contribution in [0.2, 0.25) is 0 Å². The van der Waals surface area contributed by atoms with E-state index < -0.39 is 17.8 Å². The number of methoxy groups -OCH3 is 2. The summed E-state index contributed by atoms with van der Waals surface area (Å²) in [5.41, 5.74) is 1.37. The Bertz CT molecular complexity index is 1110. The maximum absolute atomic E-state index is 12.6. The lowest BCUT2D eigenvalue weighted by atomic mass is 9.79. The van der Waals surface area contributed by atoms with Crippen LogP contribution in [0.4, 0.5) is 0 Å². The highest BCUT2D eigenvalue weighted by Gasteiger charge is 2.40. The van der Waals surface area contributed by atoms with Crippen LogP contribution in [0.25, 0.3) is 0 Å². The van der Waals surface area contributed by atoms with Gasteiger partial charge in [0.2, 0.25) is 5.91 Å². The number of carbonyl (C=O) groups excluding carboxylic acids is 1. The summed E-state index contributed by atoms with van der Waals surface area (Å²) in [4.78, 5) is 12.6. The Labute approximate surface area is 231 Å². The standard InChI is InChI=1S/C31H40N2O6/c1-33(2,3)21-26(35)19-30(36)32-20-29(22-34)39-31(23-9-7-6-8-10-23,24-11-15-27(37-4)16-12-24)25-13-17-28(38-5)18-14-25/h6-18,26,29,34-35H,19-22H2,1-5H3/p+1. The summed E-state index contributed by atoms with van der Waals surface area (Å²) >= 11 is 0. The molecule has 0 aliphatic heterocycles. The molecule has 0 saturated carbocycles. The molecule has 3 aromatic rings. The van der Waals surface area contributed by atoms with Crippen LogP contribution in [0.1, 0.15) is 23.1 Å². The third-order valence-corrected chi connectivity index (χ3v) is 6.43. The molecule has 0 aliphatic rings. The molecular weight excluding hydrogens is 496 g/mol. The Morgan fingerprint density at radius 3 is 1.77 bits per heavy atom. The predicted molar refractivity (Wildman–Crippen MR) is 151 cm³/mol. The van der Waals surface area contributed by atoms with Gasteiger partial charge in [0, 0.05) is 6.54 Å². The van der Waals surface area contributed by atoms with E-state index in [0.29, 0.717) is 22.5 Å². The van der Waals surface area contributed by atoms with Gasteiger partial charge in [-0.3, -0.25) is 4.79 Å². The fourth-order valence-corrected chi connectivity index (χ4v) is 4.63. The molecule has 3 N–H and O–H groups in total. The van der Waals surface area contributed by atoms with Crippen LogP contribution in [-0.2, 0) is 15.1 Å². The van der Waals surface area contributed by atoms with E-state index in [1.54, 1.807) is 14.2 Å². The first-order chi connectivity index (χ1) is 18.6. The molecule has 0 heterocycles. The number of quaternary nitrogens is 1. The number of aliphatic hydroxyl groups is 2. The second kappa shape index (κ2) is 13.6. The minimum absolute atomic E-state index is 0.0333. The molecule has 3 rings (SSSR count). The number of benzene rings is 3. The van der Waals surface area contributed by atoms with Crippen LogP contribution >= 0.6 is 0 Å². The Kier molecular flexibility index (Phi) is 10.5. The molecule has 3 aromatic carbocycles. The summed E-state index contributed by atoms with van der Waals surface area (Å²) in [7, 11) is 9.09. The van der Waals surface area contributed by atoms with Gasteiger partial charge >= 0.3 is 0 Å². The Morgan fingerprint density at radius 2 is 1.33 bits per heavy atom. The fraction of sp³-hybridized carbons (Fsp3) is 0.387.